The zero-order chi connectivity index (χ0) is 16.8. The van der Waals surface area contributed by atoms with E-state index in [1.165, 1.54) is 25.0 Å². The van der Waals surface area contributed by atoms with Crippen LogP contribution < -0.4 is 0 Å². The Morgan fingerprint density at radius 3 is 2.12 bits per heavy atom. The van der Waals surface area contributed by atoms with Crippen molar-refractivity contribution < 1.29 is 9.59 Å². The van der Waals surface area contributed by atoms with Gasteiger partial charge in [-0.1, -0.05) is 6.42 Å². The van der Waals surface area contributed by atoms with Crippen LogP contribution in [0.2, 0.25) is 0 Å². The van der Waals surface area contributed by atoms with Crippen molar-refractivity contribution in [3.8, 4) is 0 Å². The zero-order valence-electron chi connectivity index (χ0n) is 14.8. The van der Waals surface area contributed by atoms with Gasteiger partial charge in [0.25, 0.3) is 5.91 Å². The largest absolute Gasteiger partial charge is 0.345 e. The molecule has 3 aliphatic rings. The Bertz CT molecular complexity index is 662. The first-order valence-electron chi connectivity index (χ1n) is 9.32. The second kappa shape index (κ2) is 5.94. The molecule has 24 heavy (non-hydrogen) atoms. The molecule has 4 rings (SSSR count). The number of carbonyl (C=O) groups is 2. The summed E-state index contributed by atoms with van der Waals surface area (Å²) in [7, 11) is 0. The molecular weight excluding hydrogens is 302 g/mol. The van der Waals surface area contributed by atoms with Crippen molar-refractivity contribution >= 4 is 11.8 Å². The first-order valence-corrected chi connectivity index (χ1v) is 9.32. The number of aromatic nitrogens is 1. The standard InChI is InChI=1S/C19H27N3O2/c1-13-12-17(14(2)22(13)16-6-7-16)19(24)21-10-8-20(9-11-21)18(23)15-4-3-5-15/h12,15-16H,3-11H2,1-2H3. The second-order valence-electron chi connectivity index (χ2n) is 7.63. The van der Waals surface area contributed by atoms with Crippen molar-refractivity contribution in [2.45, 2.75) is 52.0 Å². The fourth-order valence-electron chi connectivity index (χ4n) is 4.10. The summed E-state index contributed by atoms with van der Waals surface area (Å²) in [6, 6.07) is 2.64. The van der Waals surface area contributed by atoms with Crippen LogP contribution in [0.5, 0.6) is 0 Å². The lowest BCUT2D eigenvalue weighted by atomic mass is 9.84. The molecule has 2 aliphatic carbocycles. The summed E-state index contributed by atoms with van der Waals surface area (Å²) >= 11 is 0. The summed E-state index contributed by atoms with van der Waals surface area (Å²) in [5.74, 6) is 0.690. The minimum absolute atomic E-state index is 0.130. The molecule has 0 aromatic carbocycles. The number of piperazine rings is 1. The van der Waals surface area contributed by atoms with Crippen molar-refractivity contribution in [3.63, 3.8) is 0 Å². The van der Waals surface area contributed by atoms with Crippen LogP contribution in [0, 0.1) is 19.8 Å². The van der Waals surface area contributed by atoms with Gasteiger partial charge in [-0.05, 0) is 45.6 Å². The van der Waals surface area contributed by atoms with E-state index in [2.05, 4.69) is 18.4 Å². The summed E-state index contributed by atoms with van der Waals surface area (Å²) in [4.78, 5) is 29.1. The lowest BCUT2D eigenvalue weighted by Crippen LogP contribution is -2.52. The van der Waals surface area contributed by atoms with E-state index in [4.69, 9.17) is 0 Å². The smallest absolute Gasteiger partial charge is 0.255 e. The van der Waals surface area contributed by atoms with E-state index in [-0.39, 0.29) is 11.8 Å². The maximum absolute atomic E-state index is 12.9. The summed E-state index contributed by atoms with van der Waals surface area (Å²) in [5, 5.41) is 0. The Morgan fingerprint density at radius 2 is 1.58 bits per heavy atom. The normalized spacial score (nSPS) is 21.8. The van der Waals surface area contributed by atoms with Gasteiger partial charge in [-0.15, -0.1) is 0 Å². The van der Waals surface area contributed by atoms with Crippen LogP contribution in [-0.4, -0.2) is 52.4 Å². The molecular formula is C19H27N3O2. The minimum atomic E-state index is 0.130. The molecule has 130 valence electrons. The van der Waals surface area contributed by atoms with Gasteiger partial charge < -0.3 is 14.4 Å². The van der Waals surface area contributed by atoms with E-state index in [1.54, 1.807) is 0 Å². The van der Waals surface area contributed by atoms with Gasteiger partial charge in [0.05, 0.1) is 5.56 Å². The Morgan fingerprint density at radius 1 is 0.958 bits per heavy atom. The third kappa shape index (κ3) is 2.64. The van der Waals surface area contributed by atoms with Gasteiger partial charge in [0.15, 0.2) is 0 Å². The van der Waals surface area contributed by atoms with E-state index in [1.807, 2.05) is 15.9 Å². The fraction of sp³-hybridized carbons (Fsp3) is 0.684. The Hall–Kier alpha value is -1.78. The van der Waals surface area contributed by atoms with Crippen LogP contribution in [0.3, 0.4) is 0 Å². The fourth-order valence-corrected chi connectivity index (χ4v) is 4.10. The molecule has 1 aliphatic heterocycles. The Kier molecular flexibility index (Phi) is 3.89. The molecule has 0 bridgehead atoms. The molecule has 0 radical (unpaired) electrons. The highest BCUT2D eigenvalue weighted by molar-refractivity contribution is 5.96. The molecule has 2 amide bonds. The number of hydrogen-bond donors (Lipinski definition) is 0. The van der Waals surface area contributed by atoms with Crippen molar-refractivity contribution in [2.75, 3.05) is 26.2 Å². The highest BCUT2D eigenvalue weighted by atomic mass is 16.2. The second-order valence-corrected chi connectivity index (χ2v) is 7.63. The topological polar surface area (TPSA) is 45.6 Å². The summed E-state index contributed by atoms with van der Waals surface area (Å²) in [6.45, 7) is 6.84. The molecule has 2 heterocycles. The highest BCUT2D eigenvalue weighted by Gasteiger charge is 2.33. The average Bonchev–Trinajstić information content (AvgIpc) is 3.31. The number of aryl methyl sites for hydroxylation is 1. The number of carbonyl (C=O) groups excluding carboxylic acids is 2. The van der Waals surface area contributed by atoms with Crippen LogP contribution in [0.1, 0.15) is 59.9 Å². The molecule has 1 aromatic heterocycles. The molecule has 5 heteroatoms. The zero-order valence-corrected chi connectivity index (χ0v) is 14.8. The van der Waals surface area contributed by atoms with Gasteiger partial charge in [0.2, 0.25) is 5.91 Å². The van der Waals surface area contributed by atoms with Crippen LogP contribution in [0.25, 0.3) is 0 Å². The van der Waals surface area contributed by atoms with Gasteiger partial charge in [-0.3, -0.25) is 9.59 Å². The molecule has 5 nitrogen and oxygen atoms in total. The van der Waals surface area contributed by atoms with Crippen LogP contribution >= 0.6 is 0 Å². The number of rotatable bonds is 3. The van der Waals surface area contributed by atoms with Crippen LogP contribution in [0.15, 0.2) is 6.07 Å². The minimum Gasteiger partial charge on any atom is -0.345 e. The van der Waals surface area contributed by atoms with Gasteiger partial charge in [-0.25, -0.2) is 0 Å². The first kappa shape index (κ1) is 15.7. The Labute approximate surface area is 143 Å². The molecule has 3 fully saturated rings. The van der Waals surface area contributed by atoms with Gasteiger partial charge in [0, 0.05) is 49.5 Å². The monoisotopic (exact) mass is 329 g/mol. The molecule has 2 saturated carbocycles. The molecule has 0 N–H and O–H groups in total. The molecule has 0 spiro atoms. The van der Waals surface area contributed by atoms with E-state index in [0.29, 0.717) is 38.1 Å². The van der Waals surface area contributed by atoms with Gasteiger partial charge in [-0.2, -0.15) is 0 Å². The lowest BCUT2D eigenvalue weighted by Gasteiger charge is -2.38. The summed E-state index contributed by atoms with van der Waals surface area (Å²) < 4.78 is 2.32. The van der Waals surface area contributed by atoms with Gasteiger partial charge >= 0.3 is 0 Å². The maximum atomic E-state index is 12.9. The van der Waals surface area contributed by atoms with Crippen molar-refractivity contribution in [1.29, 1.82) is 0 Å². The van der Waals surface area contributed by atoms with Crippen molar-refractivity contribution in [3.05, 3.63) is 23.0 Å². The molecule has 0 unspecified atom stereocenters. The quantitative estimate of drug-likeness (QED) is 0.855. The number of hydrogen-bond acceptors (Lipinski definition) is 2. The molecule has 1 saturated heterocycles. The SMILES string of the molecule is Cc1cc(C(=O)N2CCN(C(=O)C3CCC3)CC2)c(C)n1C1CC1. The van der Waals surface area contributed by atoms with E-state index in [0.717, 1.165) is 24.1 Å². The number of amides is 2. The predicted octanol–water partition coefficient (Wildman–Crippen LogP) is 2.52. The predicted molar refractivity (Wildman–Crippen MR) is 92.0 cm³/mol. The third-order valence-corrected chi connectivity index (χ3v) is 5.96. The van der Waals surface area contributed by atoms with Gasteiger partial charge in [0.1, 0.15) is 0 Å². The number of nitrogens with zero attached hydrogens (tertiary/aromatic N) is 3. The highest BCUT2D eigenvalue weighted by Crippen LogP contribution is 2.38. The van der Waals surface area contributed by atoms with E-state index >= 15 is 0 Å². The third-order valence-electron chi connectivity index (χ3n) is 5.96. The Balaban J connectivity index is 1.41. The van der Waals surface area contributed by atoms with Crippen molar-refractivity contribution in [2.24, 2.45) is 5.92 Å². The summed E-state index contributed by atoms with van der Waals surface area (Å²) in [5.41, 5.74) is 3.14. The first-order chi connectivity index (χ1) is 11.6. The van der Waals surface area contributed by atoms with Crippen LogP contribution in [-0.2, 0) is 4.79 Å². The lowest BCUT2D eigenvalue weighted by molar-refractivity contribution is -0.139. The van der Waals surface area contributed by atoms with E-state index in [9.17, 15) is 9.59 Å². The average molecular weight is 329 g/mol. The molecule has 0 atom stereocenters. The maximum Gasteiger partial charge on any atom is 0.255 e. The molecule has 1 aromatic rings. The van der Waals surface area contributed by atoms with E-state index < -0.39 is 0 Å². The van der Waals surface area contributed by atoms with Crippen molar-refractivity contribution in [1.82, 2.24) is 14.4 Å². The summed E-state index contributed by atoms with van der Waals surface area (Å²) in [6.07, 6.45) is 5.74. The van der Waals surface area contributed by atoms with Crippen LogP contribution in [0.4, 0.5) is 0 Å².